The minimum absolute atomic E-state index is 0.00308. The van der Waals surface area contributed by atoms with Crippen LogP contribution in [-0.4, -0.2) is 42.3 Å². The third-order valence-corrected chi connectivity index (χ3v) is 4.83. The van der Waals surface area contributed by atoms with Crippen molar-refractivity contribution in [2.24, 2.45) is 5.92 Å². The van der Waals surface area contributed by atoms with Crippen LogP contribution in [0.15, 0.2) is 54.6 Å². The zero-order valence-electron chi connectivity index (χ0n) is 16.0. The van der Waals surface area contributed by atoms with Gasteiger partial charge in [0, 0.05) is 38.2 Å². The molecule has 2 N–H and O–H groups in total. The highest BCUT2D eigenvalue weighted by Crippen LogP contribution is 2.20. The quantitative estimate of drug-likeness (QED) is 0.721. The third kappa shape index (κ3) is 5.19. The second-order valence-electron chi connectivity index (χ2n) is 7.07. The first kappa shape index (κ1) is 19.6. The molecule has 6 nitrogen and oxygen atoms in total. The van der Waals surface area contributed by atoms with Crippen LogP contribution in [0.5, 0.6) is 0 Å². The largest absolute Gasteiger partial charge is 0.354 e. The fraction of sp³-hybridized carbons (Fsp3) is 0.318. The molecule has 0 bridgehead atoms. The lowest BCUT2D eigenvalue weighted by atomic mass is 10.1. The summed E-state index contributed by atoms with van der Waals surface area (Å²) in [6.45, 7) is 3.59. The molecule has 3 rings (SSSR count). The molecular weight excluding hydrogens is 354 g/mol. The highest BCUT2D eigenvalue weighted by molar-refractivity contribution is 5.94. The fourth-order valence-electron chi connectivity index (χ4n) is 3.22. The molecule has 1 fully saturated rings. The molecule has 1 aliphatic rings. The van der Waals surface area contributed by atoms with Crippen molar-refractivity contribution in [1.82, 2.24) is 15.5 Å². The maximum atomic E-state index is 12.3. The van der Waals surface area contributed by atoms with Gasteiger partial charge in [0.25, 0.3) is 5.91 Å². The summed E-state index contributed by atoms with van der Waals surface area (Å²) in [5, 5.41) is 5.60. The van der Waals surface area contributed by atoms with Gasteiger partial charge in [-0.15, -0.1) is 0 Å². The Labute approximate surface area is 164 Å². The van der Waals surface area contributed by atoms with Crippen molar-refractivity contribution in [3.8, 4) is 0 Å². The molecule has 1 atom stereocenters. The Balaban J connectivity index is 1.39. The standard InChI is InChI=1S/C22H25N3O3/c1-16-7-9-18(10-8-16)21(27)23-11-12-24-22(28)19-13-20(26)25(15-19)14-17-5-3-2-4-6-17/h2-10,19H,11-15H2,1H3,(H,23,27)(H,24,28). The lowest BCUT2D eigenvalue weighted by molar-refractivity contribution is -0.129. The van der Waals surface area contributed by atoms with Crippen molar-refractivity contribution >= 4 is 17.7 Å². The van der Waals surface area contributed by atoms with Crippen LogP contribution < -0.4 is 10.6 Å². The molecule has 6 heteroatoms. The topological polar surface area (TPSA) is 78.5 Å². The van der Waals surface area contributed by atoms with Crippen LogP contribution in [0.4, 0.5) is 0 Å². The van der Waals surface area contributed by atoms with Crippen LogP contribution in [0.25, 0.3) is 0 Å². The smallest absolute Gasteiger partial charge is 0.251 e. The van der Waals surface area contributed by atoms with E-state index in [2.05, 4.69) is 10.6 Å². The summed E-state index contributed by atoms with van der Waals surface area (Å²) in [7, 11) is 0. The summed E-state index contributed by atoms with van der Waals surface area (Å²) < 4.78 is 0. The van der Waals surface area contributed by atoms with Crippen LogP contribution >= 0.6 is 0 Å². The first-order valence-electron chi connectivity index (χ1n) is 9.47. The fourth-order valence-corrected chi connectivity index (χ4v) is 3.22. The predicted octanol–water partition coefficient (Wildman–Crippen LogP) is 1.89. The Bertz CT molecular complexity index is 834. The number of hydrogen-bond donors (Lipinski definition) is 2. The van der Waals surface area contributed by atoms with Gasteiger partial charge in [-0.25, -0.2) is 0 Å². The number of hydrogen-bond acceptors (Lipinski definition) is 3. The maximum Gasteiger partial charge on any atom is 0.251 e. The summed E-state index contributed by atoms with van der Waals surface area (Å²) >= 11 is 0. The van der Waals surface area contributed by atoms with E-state index in [4.69, 9.17) is 0 Å². The molecule has 1 saturated heterocycles. The van der Waals surface area contributed by atoms with Gasteiger partial charge in [-0.05, 0) is 24.6 Å². The molecule has 0 spiro atoms. The van der Waals surface area contributed by atoms with E-state index in [-0.39, 0.29) is 30.1 Å². The van der Waals surface area contributed by atoms with E-state index in [1.807, 2.05) is 49.4 Å². The highest BCUT2D eigenvalue weighted by atomic mass is 16.2. The molecule has 0 saturated carbocycles. The lowest BCUT2D eigenvalue weighted by Crippen LogP contribution is -2.38. The van der Waals surface area contributed by atoms with E-state index >= 15 is 0 Å². The molecular formula is C22H25N3O3. The predicted molar refractivity (Wildman–Crippen MR) is 106 cm³/mol. The number of likely N-dealkylation sites (tertiary alicyclic amines) is 1. The normalized spacial score (nSPS) is 16.1. The average molecular weight is 379 g/mol. The van der Waals surface area contributed by atoms with Crippen LogP contribution in [0, 0.1) is 12.8 Å². The van der Waals surface area contributed by atoms with Crippen LogP contribution in [0.3, 0.4) is 0 Å². The van der Waals surface area contributed by atoms with Gasteiger partial charge in [0.1, 0.15) is 0 Å². The highest BCUT2D eigenvalue weighted by Gasteiger charge is 2.33. The zero-order valence-corrected chi connectivity index (χ0v) is 16.0. The number of carbonyl (C=O) groups excluding carboxylic acids is 3. The molecule has 3 amide bonds. The van der Waals surface area contributed by atoms with Gasteiger partial charge < -0.3 is 15.5 Å². The molecule has 1 aliphatic heterocycles. The number of benzene rings is 2. The molecule has 0 radical (unpaired) electrons. The van der Waals surface area contributed by atoms with Gasteiger partial charge >= 0.3 is 0 Å². The van der Waals surface area contributed by atoms with E-state index < -0.39 is 0 Å². The number of carbonyl (C=O) groups is 3. The molecule has 1 unspecified atom stereocenters. The Morgan fingerprint density at radius 3 is 2.39 bits per heavy atom. The van der Waals surface area contributed by atoms with E-state index in [0.29, 0.717) is 31.7 Å². The molecule has 1 heterocycles. The Morgan fingerprint density at radius 1 is 1.00 bits per heavy atom. The van der Waals surface area contributed by atoms with Crippen molar-refractivity contribution in [2.75, 3.05) is 19.6 Å². The van der Waals surface area contributed by atoms with Gasteiger partial charge in [-0.3, -0.25) is 14.4 Å². The zero-order chi connectivity index (χ0) is 19.9. The van der Waals surface area contributed by atoms with Crippen molar-refractivity contribution in [3.63, 3.8) is 0 Å². The number of nitrogens with zero attached hydrogens (tertiary/aromatic N) is 1. The molecule has 0 aliphatic carbocycles. The number of nitrogens with one attached hydrogen (secondary N) is 2. The SMILES string of the molecule is Cc1ccc(C(=O)NCCNC(=O)C2CC(=O)N(Cc3ccccc3)C2)cc1. The lowest BCUT2D eigenvalue weighted by Gasteiger charge is -2.16. The van der Waals surface area contributed by atoms with Crippen molar-refractivity contribution < 1.29 is 14.4 Å². The first-order chi connectivity index (χ1) is 13.5. The summed E-state index contributed by atoms with van der Waals surface area (Å²) in [5.74, 6) is -0.659. The van der Waals surface area contributed by atoms with Gasteiger partial charge in [-0.1, -0.05) is 48.0 Å². The second kappa shape index (κ2) is 9.17. The average Bonchev–Trinajstić information content (AvgIpc) is 3.07. The summed E-state index contributed by atoms with van der Waals surface area (Å²) in [4.78, 5) is 38.3. The monoisotopic (exact) mass is 379 g/mol. The third-order valence-electron chi connectivity index (χ3n) is 4.83. The Hall–Kier alpha value is -3.15. The number of rotatable bonds is 7. The Morgan fingerprint density at radius 2 is 1.68 bits per heavy atom. The number of amides is 3. The van der Waals surface area contributed by atoms with Gasteiger partial charge in [0.15, 0.2) is 0 Å². The van der Waals surface area contributed by atoms with Crippen molar-refractivity contribution in [1.29, 1.82) is 0 Å². The van der Waals surface area contributed by atoms with Crippen LogP contribution in [0.1, 0.15) is 27.9 Å². The number of aryl methyl sites for hydroxylation is 1. The first-order valence-corrected chi connectivity index (χ1v) is 9.47. The molecule has 2 aromatic carbocycles. The Kier molecular flexibility index (Phi) is 6.42. The van der Waals surface area contributed by atoms with Crippen LogP contribution in [-0.2, 0) is 16.1 Å². The molecule has 146 valence electrons. The molecule has 0 aromatic heterocycles. The van der Waals surface area contributed by atoms with Gasteiger partial charge in [-0.2, -0.15) is 0 Å². The summed E-state index contributed by atoms with van der Waals surface area (Å²) in [5.41, 5.74) is 2.74. The van der Waals surface area contributed by atoms with Crippen LogP contribution in [0.2, 0.25) is 0 Å². The molecule has 28 heavy (non-hydrogen) atoms. The van der Waals surface area contributed by atoms with Crippen molar-refractivity contribution in [2.45, 2.75) is 19.9 Å². The van der Waals surface area contributed by atoms with E-state index in [1.165, 1.54) is 0 Å². The van der Waals surface area contributed by atoms with E-state index in [9.17, 15) is 14.4 Å². The van der Waals surface area contributed by atoms with Gasteiger partial charge in [0.05, 0.1) is 5.92 Å². The molecule has 2 aromatic rings. The van der Waals surface area contributed by atoms with E-state index in [0.717, 1.165) is 11.1 Å². The van der Waals surface area contributed by atoms with Gasteiger partial charge in [0.2, 0.25) is 11.8 Å². The van der Waals surface area contributed by atoms with Crippen molar-refractivity contribution in [3.05, 3.63) is 71.3 Å². The summed E-state index contributed by atoms with van der Waals surface area (Å²) in [6.07, 6.45) is 0.231. The summed E-state index contributed by atoms with van der Waals surface area (Å²) in [6, 6.07) is 17.1. The van der Waals surface area contributed by atoms with E-state index in [1.54, 1.807) is 17.0 Å². The maximum absolute atomic E-state index is 12.3. The minimum atomic E-state index is -0.344. The minimum Gasteiger partial charge on any atom is -0.354 e. The second-order valence-corrected chi connectivity index (χ2v) is 7.07.